The third-order valence-corrected chi connectivity index (χ3v) is 3.65. The van der Waals surface area contributed by atoms with E-state index in [1.54, 1.807) is 13.8 Å². The van der Waals surface area contributed by atoms with E-state index in [0.717, 1.165) is 0 Å². The second-order valence-electron chi connectivity index (χ2n) is 7.08. The van der Waals surface area contributed by atoms with Gasteiger partial charge in [0.05, 0.1) is 70.7 Å². The van der Waals surface area contributed by atoms with Crippen molar-refractivity contribution in [3.8, 4) is 6.07 Å². The number of anilines is 3. The molecule has 2 aromatic rings. The van der Waals surface area contributed by atoms with Crippen molar-refractivity contribution in [1.29, 1.82) is 5.26 Å². The van der Waals surface area contributed by atoms with Crippen molar-refractivity contribution in [2.75, 3.05) is 10.6 Å². The topological polar surface area (TPSA) is 91.5 Å². The minimum atomic E-state index is -4.82. The number of aromatic nitrogens is 4. The summed E-state index contributed by atoms with van der Waals surface area (Å²) in [6.45, 7) is 3.11. The Bertz CT molecular complexity index is 972. The van der Waals surface area contributed by atoms with Crippen LogP contribution < -0.4 is 10.6 Å². The first-order valence-corrected chi connectivity index (χ1v) is 8.18. The van der Waals surface area contributed by atoms with E-state index in [1.807, 2.05) is 6.07 Å². The lowest BCUT2D eigenvalue weighted by atomic mass is 9.41. The fraction of sp³-hybridized carbons (Fsp3) is 0.429. The van der Waals surface area contributed by atoms with Crippen LogP contribution >= 0.6 is 0 Å². The van der Waals surface area contributed by atoms with Crippen molar-refractivity contribution in [2.24, 2.45) is 0 Å². The highest BCUT2D eigenvalue weighted by molar-refractivity contribution is 6.60. The Balaban J connectivity index is 2.55. The van der Waals surface area contributed by atoms with Gasteiger partial charge < -0.3 is 10.6 Å². The van der Waals surface area contributed by atoms with Crippen molar-refractivity contribution in [3.05, 3.63) is 23.7 Å². The number of halogens is 3. The van der Waals surface area contributed by atoms with E-state index in [0.29, 0.717) is 6.20 Å². The zero-order valence-corrected chi connectivity index (χ0v) is 16.0. The van der Waals surface area contributed by atoms with Gasteiger partial charge in [-0.25, -0.2) is 4.98 Å². The second kappa shape index (κ2) is 7.67. The lowest BCUT2D eigenvalue weighted by Gasteiger charge is -2.25. The molecule has 12 radical (unpaired) electrons. The van der Waals surface area contributed by atoms with Crippen molar-refractivity contribution in [3.63, 3.8) is 0 Å². The molecule has 2 heterocycles. The molecule has 16 heteroatoms. The lowest BCUT2D eigenvalue weighted by molar-refractivity contribution is -0.137. The maximum absolute atomic E-state index is 13.2. The van der Waals surface area contributed by atoms with Gasteiger partial charge in [-0.15, -0.1) is 0 Å². The molecular weight excluding hydrogens is 388 g/mol. The second-order valence-corrected chi connectivity index (χ2v) is 7.08. The molecule has 0 fully saturated rings. The van der Waals surface area contributed by atoms with Gasteiger partial charge in [0.1, 0.15) is 16.9 Å². The molecule has 0 aliphatic rings. The predicted octanol–water partition coefficient (Wildman–Crippen LogP) is -0.161. The maximum atomic E-state index is 13.2. The third kappa shape index (κ3) is 5.58. The number of nitrogens with one attached hydrogen (secondary N) is 2. The summed E-state index contributed by atoms with van der Waals surface area (Å²) >= 11 is 0. The molecule has 0 saturated carbocycles. The number of nitriles is 1. The standard InChI is InChI=1S/C14H10B6F3N7/c1-11(2,5-24)30-4-7(8(29-30)12(15,16)17)26-10-25-3-6(13(21,22)23)9(27-10)28-14(18,19)20/h3-4H,1-2H3,(H2,25,26,27,28). The predicted molar refractivity (Wildman–Crippen MR) is 110 cm³/mol. The van der Waals surface area contributed by atoms with Crippen molar-refractivity contribution < 1.29 is 13.2 Å². The van der Waals surface area contributed by atoms with E-state index in [4.69, 9.17) is 47.1 Å². The smallest absolute Gasteiger partial charge is 0.389 e. The Kier molecular flexibility index (Phi) is 6.09. The van der Waals surface area contributed by atoms with Gasteiger partial charge in [-0.1, -0.05) is 10.4 Å². The summed E-state index contributed by atoms with van der Waals surface area (Å²) in [5, 5.41) is 13.9. The minimum absolute atomic E-state index is 0.0519. The first kappa shape index (κ1) is 23.8. The molecule has 2 N–H and O–H groups in total. The van der Waals surface area contributed by atoms with Crippen molar-refractivity contribution in [2.45, 2.75) is 35.9 Å². The summed E-state index contributed by atoms with van der Waals surface area (Å²) in [6, 6.07) is 2.01. The van der Waals surface area contributed by atoms with Gasteiger partial charge in [0.2, 0.25) is 5.95 Å². The third-order valence-electron chi connectivity index (χ3n) is 3.65. The molecule has 0 amide bonds. The van der Waals surface area contributed by atoms with Crippen LogP contribution in [0, 0.1) is 11.3 Å². The number of hydrogen-bond donors (Lipinski definition) is 2. The van der Waals surface area contributed by atoms with E-state index in [1.165, 1.54) is 10.9 Å². The molecule has 0 atom stereocenters. The van der Waals surface area contributed by atoms with Crippen molar-refractivity contribution >= 4 is 64.5 Å². The largest absolute Gasteiger partial charge is 0.421 e. The van der Waals surface area contributed by atoms with Gasteiger partial charge in [0.15, 0.2) is 0 Å². The lowest BCUT2D eigenvalue weighted by Crippen LogP contribution is -2.41. The average Bonchev–Trinajstić information content (AvgIpc) is 2.97. The first-order chi connectivity index (χ1) is 13.4. The van der Waals surface area contributed by atoms with E-state index in [-0.39, 0.29) is 17.3 Å². The summed E-state index contributed by atoms with van der Waals surface area (Å²) in [4.78, 5) is 7.33. The van der Waals surface area contributed by atoms with Crippen LogP contribution in [0.3, 0.4) is 0 Å². The van der Waals surface area contributed by atoms with Crippen LogP contribution in [0.15, 0.2) is 12.4 Å². The summed E-state index contributed by atoms with van der Waals surface area (Å²) in [7, 11) is 33.1. The van der Waals surface area contributed by atoms with Crippen LogP contribution in [0.4, 0.5) is 30.6 Å². The SMILES string of the molecule is [B]C([B])([B])Nc1nc(Nc2cn(C(C)(C)C#N)nc2C([B])([B])[B])ncc1C(F)(F)F. The highest BCUT2D eigenvalue weighted by atomic mass is 19.4. The molecule has 0 bridgehead atoms. The Morgan fingerprint density at radius 1 is 1.10 bits per heavy atom. The molecule has 0 spiro atoms. The minimum Gasteiger partial charge on any atom is -0.389 e. The van der Waals surface area contributed by atoms with Gasteiger partial charge >= 0.3 is 6.18 Å². The fourth-order valence-corrected chi connectivity index (χ4v) is 2.19. The van der Waals surface area contributed by atoms with E-state index >= 15 is 0 Å². The molecule has 0 unspecified atom stereocenters. The quantitative estimate of drug-likeness (QED) is 0.658. The fourth-order valence-electron chi connectivity index (χ4n) is 2.19. The normalized spacial score (nSPS) is 12.9. The molecule has 7 nitrogen and oxygen atoms in total. The number of rotatable bonds is 6. The molecule has 0 aliphatic heterocycles. The maximum Gasteiger partial charge on any atom is 0.421 e. The average molecular weight is 398 g/mol. The summed E-state index contributed by atoms with van der Waals surface area (Å²) in [6.07, 6.45) is -3.00. The molecule has 0 saturated heterocycles. The molecular formula is C14H10B6F3N7. The van der Waals surface area contributed by atoms with Crippen LogP contribution in [0.2, 0.25) is 0 Å². The molecule has 30 heavy (non-hydrogen) atoms. The van der Waals surface area contributed by atoms with Crippen molar-refractivity contribution in [1.82, 2.24) is 19.7 Å². The molecule has 2 rings (SSSR count). The highest BCUT2D eigenvalue weighted by Gasteiger charge is 2.36. The monoisotopic (exact) mass is 399 g/mol. The van der Waals surface area contributed by atoms with Gasteiger partial charge in [0.25, 0.3) is 0 Å². The van der Waals surface area contributed by atoms with Gasteiger partial charge in [-0.05, 0) is 13.8 Å². The van der Waals surface area contributed by atoms with Crippen LogP contribution in [0.5, 0.6) is 0 Å². The Labute approximate surface area is 179 Å². The zero-order valence-electron chi connectivity index (χ0n) is 16.0. The molecule has 0 aromatic carbocycles. The Morgan fingerprint density at radius 3 is 2.17 bits per heavy atom. The Morgan fingerprint density at radius 2 is 1.70 bits per heavy atom. The molecule has 0 aliphatic carbocycles. The van der Waals surface area contributed by atoms with Gasteiger partial charge in [0, 0.05) is 6.20 Å². The van der Waals surface area contributed by atoms with Crippen LogP contribution in [-0.4, -0.2) is 72.1 Å². The summed E-state index contributed by atoms with van der Waals surface area (Å²) in [5.41, 5.74) is -2.43. The van der Waals surface area contributed by atoms with Crippen LogP contribution in [0.25, 0.3) is 0 Å². The number of alkyl halides is 3. The summed E-state index contributed by atoms with van der Waals surface area (Å²) in [5.74, 6) is -1.12. The van der Waals surface area contributed by atoms with Gasteiger partial charge in [-0.3, -0.25) is 4.68 Å². The first-order valence-electron chi connectivity index (χ1n) is 8.18. The van der Waals surface area contributed by atoms with E-state index in [2.05, 4.69) is 25.7 Å². The van der Waals surface area contributed by atoms with E-state index in [9.17, 15) is 18.4 Å². The number of nitrogens with zero attached hydrogens (tertiary/aromatic N) is 5. The van der Waals surface area contributed by atoms with Crippen LogP contribution in [0.1, 0.15) is 25.1 Å². The number of hydrogen-bond acceptors (Lipinski definition) is 6. The van der Waals surface area contributed by atoms with Gasteiger partial charge in [-0.2, -0.15) is 28.5 Å². The van der Waals surface area contributed by atoms with Crippen LogP contribution in [-0.2, 0) is 16.8 Å². The summed E-state index contributed by atoms with van der Waals surface area (Å²) < 4.78 is 40.9. The zero-order chi connectivity index (χ0) is 23.1. The Hall–Kier alpha value is -2.44. The molecule has 2 aromatic heterocycles. The van der Waals surface area contributed by atoms with E-state index < -0.39 is 33.4 Å². The molecule has 140 valence electrons. The highest BCUT2D eigenvalue weighted by Crippen LogP contribution is 2.35.